The molecule has 0 radical (unpaired) electrons. The van der Waals surface area contributed by atoms with Gasteiger partial charge in [-0.2, -0.15) is 5.26 Å². The van der Waals surface area contributed by atoms with Crippen LogP contribution in [0.3, 0.4) is 0 Å². The minimum atomic E-state index is -0.798. The summed E-state index contributed by atoms with van der Waals surface area (Å²) in [6.45, 7) is 3.54. The lowest BCUT2D eigenvalue weighted by molar-refractivity contribution is -0.121. The summed E-state index contributed by atoms with van der Waals surface area (Å²) in [6, 6.07) is 5.90. The predicted molar refractivity (Wildman–Crippen MR) is 68.8 cm³/mol. The Morgan fingerprint density at radius 1 is 1.50 bits per heavy atom. The second kappa shape index (κ2) is 5.83. The highest BCUT2D eigenvalue weighted by Gasteiger charge is 2.27. The van der Waals surface area contributed by atoms with E-state index in [-0.39, 0.29) is 11.6 Å². The Kier molecular flexibility index (Phi) is 4.69. The number of rotatable bonds is 3. The Morgan fingerprint density at radius 2 is 2.11 bits per heavy atom. The molecule has 0 aliphatic carbocycles. The normalized spacial score (nSPS) is 12.1. The van der Waals surface area contributed by atoms with Crippen LogP contribution in [-0.4, -0.2) is 13.0 Å². The Bertz CT molecular complexity index is 496. The maximum Gasteiger partial charge on any atom is 0.244 e. The second-order valence-electron chi connectivity index (χ2n) is 4.34. The minimum Gasteiger partial charge on any atom is -0.312 e. The van der Waals surface area contributed by atoms with Crippen LogP contribution in [0, 0.1) is 29.0 Å². The maximum atomic E-state index is 13.6. The third kappa shape index (κ3) is 2.99. The molecule has 0 aliphatic heterocycles. The third-order valence-electron chi connectivity index (χ3n) is 2.67. The molecule has 1 aromatic rings. The van der Waals surface area contributed by atoms with Gasteiger partial charge >= 0.3 is 0 Å². The molecule has 0 aromatic heterocycles. The number of hydrogen-bond donors (Lipinski definition) is 0. The number of anilines is 1. The summed E-state index contributed by atoms with van der Waals surface area (Å²) in [6.07, 6.45) is 0. The smallest absolute Gasteiger partial charge is 0.244 e. The quantitative estimate of drug-likeness (QED) is 0.845. The van der Waals surface area contributed by atoms with Gasteiger partial charge in [0.2, 0.25) is 5.91 Å². The van der Waals surface area contributed by atoms with Gasteiger partial charge in [0.1, 0.15) is 11.7 Å². The van der Waals surface area contributed by atoms with Crippen molar-refractivity contribution in [3.05, 3.63) is 29.0 Å². The molecule has 3 nitrogen and oxygen atoms in total. The lowest BCUT2D eigenvalue weighted by Gasteiger charge is -2.22. The SMILES string of the molecule is CC(C)C(C#N)C(=O)N(C)c1cc(Cl)ccc1F. The van der Waals surface area contributed by atoms with Gasteiger partial charge in [-0.05, 0) is 24.1 Å². The molecular weight excluding hydrogens is 255 g/mol. The van der Waals surface area contributed by atoms with Crippen LogP contribution in [0.2, 0.25) is 5.02 Å². The number of nitriles is 1. The van der Waals surface area contributed by atoms with Gasteiger partial charge in [-0.3, -0.25) is 4.79 Å². The summed E-state index contributed by atoms with van der Waals surface area (Å²) in [5.41, 5.74) is 0.0772. The monoisotopic (exact) mass is 268 g/mol. The molecule has 0 saturated carbocycles. The summed E-state index contributed by atoms with van der Waals surface area (Å²) in [4.78, 5) is 13.2. The average Bonchev–Trinajstić information content (AvgIpc) is 2.31. The topological polar surface area (TPSA) is 44.1 Å². The van der Waals surface area contributed by atoms with Crippen LogP contribution in [-0.2, 0) is 4.79 Å². The van der Waals surface area contributed by atoms with Crippen LogP contribution >= 0.6 is 11.6 Å². The molecule has 0 heterocycles. The van der Waals surface area contributed by atoms with E-state index in [1.165, 1.54) is 25.2 Å². The summed E-state index contributed by atoms with van der Waals surface area (Å²) in [7, 11) is 1.43. The molecule has 0 aliphatic rings. The molecule has 0 fully saturated rings. The predicted octanol–water partition coefficient (Wildman–Crippen LogP) is 3.24. The number of hydrogen-bond acceptors (Lipinski definition) is 2. The maximum absolute atomic E-state index is 13.6. The molecule has 1 amide bonds. The zero-order chi connectivity index (χ0) is 13.9. The molecular formula is C13H14ClFN2O. The lowest BCUT2D eigenvalue weighted by Crippen LogP contribution is -2.35. The fraction of sp³-hybridized carbons (Fsp3) is 0.385. The van der Waals surface area contributed by atoms with Crippen LogP contribution in [0.5, 0.6) is 0 Å². The van der Waals surface area contributed by atoms with Crippen molar-refractivity contribution in [1.82, 2.24) is 0 Å². The van der Waals surface area contributed by atoms with E-state index in [0.717, 1.165) is 4.90 Å². The first kappa shape index (κ1) is 14.5. The van der Waals surface area contributed by atoms with Crippen LogP contribution in [0.1, 0.15) is 13.8 Å². The van der Waals surface area contributed by atoms with Crippen molar-refractivity contribution in [1.29, 1.82) is 5.26 Å². The van der Waals surface area contributed by atoms with E-state index in [4.69, 9.17) is 16.9 Å². The van der Waals surface area contributed by atoms with E-state index in [1.54, 1.807) is 13.8 Å². The highest BCUT2D eigenvalue weighted by molar-refractivity contribution is 6.30. The summed E-state index contributed by atoms with van der Waals surface area (Å²) < 4.78 is 13.6. The van der Waals surface area contributed by atoms with E-state index in [9.17, 15) is 9.18 Å². The van der Waals surface area contributed by atoms with Crippen molar-refractivity contribution < 1.29 is 9.18 Å². The number of benzene rings is 1. The molecule has 0 N–H and O–H groups in total. The average molecular weight is 269 g/mol. The number of carbonyl (C=O) groups is 1. The standard InChI is InChI=1S/C13H14ClFN2O/c1-8(2)10(7-16)13(18)17(3)12-6-9(14)4-5-11(12)15/h4-6,8,10H,1-3H3. The number of carbonyl (C=O) groups excluding carboxylic acids is 1. The van der Waals surface area contributed by atoms with Crippen molar-refractivity contribution in [3.8, 4) is 6.07 Å². The number of nitrogens with zero attached hydrogens (tertiary/aromatic N) is 2. The Morgan fingerprint density at radius 3 is 2.61 bits per heavy atom. The summed E-state index contributed by atoms with van der Waals surface area (Å²) in [5, 5.41) is 9.31. The molecule has 0 saturated heterocycles. The first-order valence-electron chi connectivity index (χ1n) is 5.50. The van der Waals surface area contributed by atoms with Crippen molar-refractivity contribution >= 4 is 23.2 Å². The van der Waals surface area contributed by atoms with Crippen LogP contribution < -0.4 is 4.90 Å². The number of amides is 1. The molecule has 5 heteroatoms. The van der Waals surface area contributed by atoms with E-state index in [0.29, 0.717) is 5.02 Å². The van der Waals surface area contributed by atoms with Crippen LogP contribution in [0.4, 0.5) is 10.1 Å². The highest BCUT2D eigenvalue weighted by Crippen LogP contribution is 2.25. The van der Waals surface area contributed by atoms with Gasteiger partial charge in [-0.25, -0.2) is 4.39 Å². The van der Waals surface area contributed by atoms with Gasteiger partial charge in [-0.1, -0.05) is 25.4 Å². The minimum absolute atomic E-state index is 0.0772. The molecule has 1 atom stereocenters. The van der Waals surface area contributed by atoms with Crippen molar-refractivity contribution in [2.45, 2.75) is 13.8 Å². The molecule has 18 heavy (non-hydrogen) atoms. The van der Waals surface area contributed by atoms with Gasteiger partial charge < -0.3 is 4.90 Å². The van der Waals surface area contributed by atoms with Crippen LogP contribution in [0.25, 0.3) is 0 Å². The summed E-state index contributed by atoms with van der Waals surface area (Å²) in [5.74, 6) is -1.91. The van der Waals surface area contributed by atoms with Gasteiger partial charge in [0.05, 0.1) is 11.8 Å². The largest absolute Gasteiger partial charge is 0.312 e. The molecule has 1 rings (SSSR count). The molecule has 96 valence electrons. The van der Waals surface area contributed by atoms with E-state index in [2.05, 4.69) is 0 Å². The summed E-state index contributed by atoms with van der Waals surface area (Å²) >= 11 is 5.77. The Balaban J connectivity index is 3.07. The zero-order valence-corrected chi connectivity index (χ0v) is 11.2. The van der Waals surface area contributed by atoms with E-state index >= 15 is 0 Å². The van der Waals surface area contributed by atoms with Gasteiger partial charge in [0.25, 0.3) is 0 Å². The van der Waals surface area contributed by atoms with Crippen molar-refractivity contribution in [3.63, 3.8) is 0 Å². The fourth-order valence-corrected chi connectivity index (χ4v) is 1.73. The van der Waals surface area contributed by atoms with Crippen molar-refractivity contribution in [2.24, 2.45) is 11.8 Å². The third-order valence-corrected chi connectivity index (χ3v) is 2.91. The Labute approximate surface area is 111 Å². The molecule has 1 aromatic carbocycles. The first-order chi connectivity index (χ1) is 8.38. The van der Waals surface area contributed by atoms with E-state index in [1.807, 2.05) is 6.07 Å². The number of halogens is 2. The van der Waals surface area contributed by atoms with Gasteiger partial charge in [0, 0.05) is 12.1 Å². The van der Waals surface area contributed by atoms with Gasteiger partial charge in [0.15, 0.2) is 0 Å². The van der Waals surface area contributed by atoms with Crippen molar-refractivity contribution in [2.75, 3.05) is 11.9 Å². The zero-order valence-electron chi connectivity index (χ0n) is 10.4. The molecule has 1 unspecified atom stereocenters. The lowest BCUT2D eigenvalue weighted by atomic mass is 9.96. The Hall–Kier alpha value is -1.60. The van der Waals surface area contributed by atoms with Gasteiger partial charge in [-0.15, -0.1) is 0 Å². The molecule has 0 bridgehead atoms. The second-order valence-corrected chi connectivity index (χ2v) is 4.78. The van der Waals surface area contributed by atoms with Crippen LogP contribution in [0.15, 0.2) is 18.2 Å². The fourth-order valence-electron chi connectivity index (χ4n) is 1.56. The molecule has 0 spiro atoms. The van der Waals surface area contributed by atoms with E-state index < -0.39 is 17.6 Å². The highest BCUT2D eigenvalue weighted by atomic mass is 35.5. The first-order valence-corrected chi connectivity index (χ1v) is 5.88.